The van der Waals surface area contributed by atoms with E-state index in [4.69, 9.17) is 4.98 Å². The number of amides is 1. The first-order valence-corrected chi connectivity index (χ1v) is 12.9. The molecule has 1 aromatic heterocycles. The first-order valence-electron chi connectivity index (χ1n) is 12.9. The second-order valence-corrected chi connectivity index (χ2v) is 10.0. The molecule has 3 aromatic rings. The average molecular weight is 472 g/mol. The van der Waals surface area contributed by atoms with Crippen LogP contribution in [0.4, 0.5) is 5.69 Å². The molecule has 1 heterocycles. The van der Waals surface area contributed by atoms with Gasteiger partial charge in [-0.05, 0) is 93.3 Å². The van der Waals surface area contributed by atoms with Crippen LogP contribution >= 0.6 is 0 Å². The predicted molar refractivity (Wildman–Crippen MR) is 142 cm³/mol. The van der Waals surface area contributed by atoms with E-state index in [-0.39, 0.29) is 11.7 Å². The van der Waals surface area contributed by atoms with Gasteiger partial charge >= 0.3 is 0 Å². The minimum Gasteiger partial charge on any atom is -0.328 e. The number of rotatable bonds is 9. The van der Waals surface area contributed by atoms with Gasteiger partial charge in [-0.25, -0.2) is 4.98 Å². The zero-order chi connectivity index (χ0) is 25.1. The molecule has 1 N–H and O–H groups in total. The molecule has 0 aliphatic heterocycles. The number of aryl methyl sites for hydroxylation is 3. The number of benzene rings is 2. The van der Waals surface area contributed by atoms with E-state index >= 15 is 0 Å². The number of hydrogen-bond donors (Lipinski definition) is 1. The summed E-state index contributed by atoms with van der Waals surface area (Å²) >= 11 is 0. The molecule has 1 aliphatic carbocycles. The second kappa shape index (κ2) is 10.6. The van der Waals surface area contributed by atoms with Crippen molar-refractivity contribution in [3.05, 3.63) is 70.0 Å². The van der Waals surface area contributed by atoms with E-state index < -0.39 is 0 Å². The molecule has 0 saturated carbocycles. The Morgan fingerprint density at radius 1 is 1.06 bits per heavy atom. The molecule has 5 heteroatoms. The monoisotopic (exact) mass is 471 g/mol. The van der Waals surface area contributed by atoms with Crippen LogP contribution < -0.4 is 5.32 Å². The highest BCUT2D eigenvalue weighted by Crippen LogP contribution is 2.38. The summed E-state index contributed by atoms with van der Waals surface area (Å²) in [6.07, 6.45) is 5.94. The van der Waals surface area contributed by atoms with E-state index in [9.17, 15) is 9.59 Å². The van der Waals surface area contributed by atoms with Gasteiger partial charge in [0, 0.05) is 29.9 Å². The van der Waals surface area contributed by atoms with Crippen LogP contribution in [0.2, 0.25) is 0 Å². The molecule has 2 aromatic carbocycles. The van der Waals surface area contributed by atoms with Crippen molar-refractivity contribution in [2.75, 3.05) is 5.32 Å². The van der Waals surface area contributed by atoms with E-state index in [1.54, 1.807) is 6.92 Å². The van der Waals surface area contributed by atoms with Crippen molar-refractivity contribution in [2.45, 2.75) is 85.6 Å². The van der Waals surface area contributed by atoms with Gasteiger partial charge in [0.2, 0.25) is 0 Å². The number of unbranched alkanes of at least 4 members (excludes halogenated alkanes) is 2. The van der Waals surface area contributed by atoms with Crippen LogP contribution in [-0.2, 0) is 17.8 Å². The third kappa shape index (κ3) is 5.39. The van der Waals surface area contributed by atoms with Gasteiger partial charge in [0.15, 0.2) is 0 Å². The fourth-order valence-corrected chi connectivity index (χ4v) is 5.18. The number of nitrogens with one attached hydrogen (secondary N) is 1. The first kappa shape index (κ1) is 24.9. The Labute approximate surface area is 209 Å². The highest BCUT2D eigenvalue weighted by Gasteiger charge is 2.26. The average Bonchev–Trinajstić information content (AvgIpc) is 3.36. The Morgan fingerprint density at radius 2 is 1.86 bits per heavy atom. The van der Waals surface area contributed by atoms with E-state index in [1.807, 2.05) is 32.0 Å². The third-order valence-electron chi connectivity index (χ3n) is 7.32. The number of fused-ring (bicyclic) bond motifs is 1. The molecule has 0 bridgehead atoms. The number of ketones is 1. The number of carbonyl (C=O) groups excluding carboxylic acids is 2. The van der Waals surface area contributed by atoms with Crippen LogP contribution in [0.15, 0.2) is 36.4 Å². The molecule has 0 spiro atoms. The number of Topliss-reactive ketones (excluding diaryl/α,β-unsaturated/α-hetero) is 1. The number of nitrogens with zero attached hydrogens (tertiary/aromatic N) is 2. The van der Waals surface area contributed by atoms with Crippen LogP contribution in [0, 0.1) is 20.8 Å². The molecular formula is C30H37N3O2. The lowest BCUT2D eigenvalue weighted by atomic mass is 9.95. The Hall–Kier alpha value is -3.21. The standard InChI is InChI=1S/C30H37N3O2/c1-6-7-8-15-33-22(5)28(30(35)31-26-13-9-19(2)20(3)16-26)32-29(33)25-12-14-27-23(17-21(4)34)10-11-24(27)18-25/h9,12-14,16,18,23H,6-8,10-11,15,17H2,1-5H3,(H,31,35)/t23-/m0/s1. The van der Waals surface area contributed by atoms with E-state index in [1.165, 1.54) is 16.7 Å². The van der Waals surface area contributed by atoms with Gasteiger partial charge < -0.3 is 14.7 Å². The maximum absolute atomic E-state index is 13.3. The van der Waals surface area contributed by atoms with E-state index in [0.29, 0.717) is 18.0 Å². The fourth-order valence-electron chi connectivity index (χ4n) is 5.18. The van der Waals surface area contributed by atoms with Crippen molar-refractivity contribution in [1.82, 2.24) is 9.55 Å². The summed E-state index contributed by atoms with van der Waals surface area (Å²) in [4.78, 5) is 29.8. The van der Waals surface area contributed by atoms with Crippen LogP contribution in [0.3, 0.4) is 0 Å². The summed E-state index contributed by atoms with van der Waals surface area (Å²) < 4.78 is 2.20. The normalized spacial score (nSPS) is 14.7. The summed E-state index contributed by atoms with van der Waals surface area (Å²) in [6.45, 7) is 10.8. The van der Waals surface area contributed by atoms with Crippen LogP contribution in [0.1, 0.15) is 90.3 Å². The van der Waals surface area contributed by atoms with Crippen LogP contribution in [-0.4, -0.2) is 21.2 Å². The van der Waals surface area contributed by atoms with Crippen molar-refractivity contribution in [2.24, 2.45) is 0 Å². The maximum Gasteiger partial charge on any atom is 0.276 e. The molecule has 1 amide bonds. The summed E-state index contributed by atoms with van der Waals surface area (Å²) in [5, 5.41) is 3.05. The Morgan fingerprint density at radius 3 is 2.57 bits per heavy atom. The lowest BCUT2D eigenvalue weighted by Gasteiger charge is -2.13. The topological polar surface area (TPSA) is 64.0 Å². The Kier molecular flexibility index (Phi) is 7.54. The molecule has 1 aliphatic rings. The van der Waals surface area contributed by atoms with Gasteiger partial charge in [-0.3, -0.25) is 4.79 Å². The Balaban J connectivity index is 1.67. The van der Waals surface area contributed by atoms with Gasteiger partial charge in [-0.1, -0.05) is 38.0 Å². The van der Waals surface area contributed by atoms with Crippen molar-refractivity contribution in [3.63, 3.8) is 0 Å². The predicted octanol–water partition coefficient (Wildman–Crippen LogP) is 6.93. The summed E-state index contributed by atoms with van der Waals surface area (Å²) in [5.74, 6) is 1.24. The van der Waals surface area contributed by atoms with Crippen molar-refractivity contribution in [1.29, 1.82) is 0 Å². The third-order valence-corrected chi connectivity index (χ3v) is 7.32. The quantitative estimate of drug-likeness (QED) is 0.344. The first-order chi connectivity index (χ1) is 16.8. The van der Waals surface area contributed by atoms with Gasteiger partial charge in [-0.2, -0.15) is 0 Å². The van der Waals surface area contributed by atoms with E-state index in [2.05, 4.69) is 41.9 Å². The number of imidazole rings is 1. The maximum atomic E-state index is 13.3. The second-order valence-electron chi connectivity index (χ2n) is 10.0. The molecule has 0 fully saturated rings. The van der Waals surface area contributed by atoms with Crippen LogP contribution in [0.5, 0.6) is 0 Å². The summed E-state index contributed by atoms with van der Waals surface area (Å²) in [6, 6.07) is 12.5. The van der Waals surface area contributed by atoms with Gasteiger partial charge in [0.25, 0.3) is 5.91 Å². The number of carbonyl (C=O) groups is 2. The zero-order valence-corrected chi connectivity index (χ0v) is 21.7. The van der Waals surface area contributed by atoms with Crippen molar-refractivity contribution < 1.29 is 9.59 Å². The highest BCUT2D eigenvalue weighted by molar-refractivity contribution is 6.04. The van der Waals surface area contributed by atoms with Crippen LogP contribution in [0.25, 0.3) is 11.4 Å². The lowest BCUT2D eigenvalue weighted by molar-refractivity contribution is -0.117. The molecule has 184 valence electrons. The SMILES string of the molecule is CCCCCn1c(-c2ccc3c(c2)CC[C@H]3CC(C)=O)nc(C(=O)Nc2ccc(C)c(C)c2)c1C. The van der Waals surface area contributed by atoms with E-state index in [0.717, 1.165) is 67.0 Å². The zero-order valence-electron chi connectivity index (χ0n) is 21.7. The molecule has 1 atom stereocenters. The highest BCUT2D eigenvalue weighted by atomic mass is 16.2. The Bertz CT molecular complexity index is 1250. The number of aromatic nitrogens is 2. The summed E-state index contributed by atoms with van der Waals surface area (Å²) in [5.41, 5.74) is 8.13. The van der Waals surface area contributed by atoms with Gasteiger partial charge in [0.1, 0.15) is 17.3 Å². The van der Waals surface area contributed by atoms with Gasteiger partial charge in [-0.15, -0.1) is 0 Å². The fraction of sp³-hybridized carbons (Fsp3) is 0.433. The number of anilines is 1. The molecule has 35 heavy (non-hydrogen) atoms. The molecular weight excluding hydrogens is 434 g/mol. The largest absolute Gasteiger partial charge is 0.328 e. The molecule has 0 unspecified atom stereocenters. The van der Waals surface area contributed by atoms with Crippen molar-refractivity contribution >= 4 is 17.4 Å². The minimum absolute atomic E-state index is 0.177. The molecule has 5 nitrogen and oxygen atoms in total. The smallest absolute Gasteiger partial charge is 0.276 e. The van der Waals surface area contributed by atoms with Gasteiger partial charge in [0.05, 0.1) is 0 Å². The number of hydrogen-bond acceptors (Lipinski definition) is 3. The summed E-state index contributed by atoms with van der Waals surface area (Å²) in [7, 11) is 0. The molecule has 4 rings (SSSR count). The molecule has 0 radical (unpaired) electrons. The van der Waals surface area contributed by atoms with Crippen molar-refractivity contribution in [3.8, 4) is 11.4 Å². The minimum atomic E-state index is -0.177. The molecule has 0 saturated heterocycles. The lowest BCUT2D eigenvalue weighted by Crippen LogP contribution is -2.14.